The van der Waals surface area contributed by atoms with E-state index < -0.39 is 5.38 Å². The summed E-state index contributed by atoms with van der Waals surface area (Å²) in [7, 11) is 0. The number of carbonyl (C=O) groups excluding carboxylic acids is 1. The highest BCUT2D eigenvalue weighted by molar-refractivity contribution is 6.30. The summed E-state index contributed by atoms with van der Waals surface area (Å²) in [6.07, 6.45) is 1.69. The highest BCUT2D eigenvalue weighted by Crippen LogP contribution is 1.95. The summed E-state index contributed by atoms with van der Waals surface area (Å²) < 4.78 is 0. The van der Waals surface area contributed by atoms with Crippen molar-refractivity contribution < 1.29 is 4.79 Å². The van der Waals surface area contributed by atoms with E-state index in [4.69, 9.17) is 11.6 Å². The number of rotatable bonds is 3. The molecule has 0 saturated carbocycles. The van der Waals surface area contributed by atoms with Crippen molar-refractivity contribution in [2.75, 3.05) is 0 Å². The van der Waals surface area contributed by atoms with Crippen LogP contribution >= 0.6 is 11.6 Å². The molecule has 0 fully saturated rings. The first-order valence-electron chi connectivity index (χ1n) is 4.02. The monoisotopic (exact) mass is 198 g/mol. The predicted molar refractivity (Wildman–Crippen MR) is 51.4 cm³/mol. The molecule has 0 spiro atoms. The van der Waals surface area contributed by atoms with Crippen LogP contribution < -0.4 is 5.32 Å². The van der Waals surface area contributed by atoms with Gasteiger partial charge < -0.3 is 5.32 Å². The Morgan fingerprint density at radius 1 is 1.69 bits per heavy atom. The van der Waals surface area contributed by atoms with Crippen molar-refractivity contribution >= 4 is 17.5 Å². The maximum atomic E-state index is 11.0. The third-order valence-corrected chi connectivity index (χ3v) is 1.73. The van der Waals surface area contributed by atoms with Crippen LogP contribution in [0.15, 0.2) is 24.4 Å². The van der Waals surface area contributed by atoms with Crippen molar-refractivity contribution in [1.82, 2.24) is 10.3 Å². The van der Waals surface area contributed by atoms with Crippen molar-refractivity contribution in [2.45, 2.75) is 18.8 Å². The fraction of sp³-hybridized carbons (Fsp3) is 0.333. The molecule has 3 nitrogen and oxygen atoms in total. The van der Waals surface area contributed by atoms with E-state index in [1.807, 2.05) is 18.2 Å². The van der Waals surface area contributed by atoms with Gasteiger partial charge in [0.05, 0.1) is 12.2 Å². The fourth-order valence-electron chi connectivity index (χ4n) is 0.821. The van der Waals surface area contributed by atoms with Crippen LogP contribution in [0.4, 0.5) is 0 Å². The van der Waals surface area contributed by atoms with Crippen LogP contribution in [0.5, 0.6) is 0 Å². The number of nitrogens with one attached hydrogen (secondary N) is 1. The largest absolute Gasteiger partial charge is 0.349 e. The minimum absolute atomic E-state index is 0.174. The topological polar surface area (TPSA) is 42.0 Å². The normalized spacial score (nSPS) is 12.2. The molecule has 13 heavy (non-hydrogen) atoms. The highest BCUT2D eigenvalue weighted by Gasteiger charge is 2.07. The molecule has 0 aliphatic carbocycles. The Labute approximate surface area is 82.1 Å². The molecule has 1 rings (SSSR count). The maximum absolute atomic E-state index is 11.0. The van der Waals surface area contributed by atoms with Gasteiger partial charge in [0.15, 0.2) is 0 Å². The summed E-state index contributed by atoms with van der Waals surface area (Å²) in [6.45, 7) is 2.06. The van der Waals surface area contributed by atoms with Crippen LogP contribution in [0.25, 0.3) is 0 Å². The van der Waals surface area contributed by atoms with Crippen LogP contribution in [0.3, 0.4) is 0 Å². The lowest BCUT2D eigenvalue weighted by Gasteiger charge is -2.04. The van der Waals surface area contributed by atoms with E-state index in [1.54, 1.807) is 13.1 Å². The Hall–Kier alpha value is -1.09. The van der Waals surface area contributed by atoms with Gasteiger partial charge in [0, 0.05) is 6.20 Å². The number of carbonyl (C=O) groups is 1. The molecule has 0 aliphatic rings. The van der Waals surface area contributed by atoms with Crippen LogP contribution in [0.2, 0.25) is 0 Å². The van der Waals surface area contributed by atoms with Gasteiger partial charge in [-0.05, 0) is 19.1 Å². The molecule has 0 aliphatic heterocycles. The lowest BCUT2D eigenvalue weighted by atomic mass is 10.3. The molecule has 1 unspecified atom stereocenters. The van der Waals surface area contributed by atoms with E-state index in [0.29, 0.717) is 6.54 Å². The van der Waals surface area contributed by atoms with E-state index in [-0.39, 0.29) is 5.91 Å². The minimum atomic E-state index is -0.497. The molecule has 1 N–H and O–H groups in total. The molecule has 0 saturated heterocycles. The van der Waals surface area contributed by atoms with Gasteiger partial charge in [-0.1, -0.05) is 6.07 Å². The zero-order chi connectivity index (χ0) is 9.68. The molecular formula is C9H11ClN2O. The smallest absolute Gasteiger partial charge is 0.238 e. The minimum Gasteiger partial charge on any atom is -0.349 e. The zero-order valence-electron chi connectivity index (χ0n) is 7.33. The lowest BCUT2D eigenvalue weighted by Crippen LogP contribution is -2.29. The molecule has 1 heterocycles. The van der Waals surface area contributed by atoms with E-state index >= 15 is 0 Å². The van der Waals surface area contributed by atoms with E-state index in [1.165, 1.54) is 0 Å². The molecule has 4 heteroatoms. The van der Waals surface area contributed by atoms with E-state index in [2.05, 4.69) is 10.3 Å². The Kier molecular flexibility index (Phi) is 3.71. The highest BCUT2D eigenvalue weighted by atomic mass is 35.5. The molecule has 1 aromatic heterocycles. The van der Waals surface area contributed by atoms with E-state index in [0.717, 1.165) is 5.69 Å². The fourth-order valence-corrected chi connectivity index (χ4v) is 0.898. The van der Waals surface area contributed by atoms with E-state index in [9.17, 15) is 4.79 Å². The number of hydrogen-bond donors (Lipinski definition) is 1. The van der Waals surface area contributed by atoms with Crippen LogP contribution in [-0.2, 0) is 11.3 Å². The first-order valence-corrected chi connectivity index (χ1v) is 4.45. The molecular weight excluding hydrogens is 188 g/mol. The summed E-state index contributed by atoms with van der Waals surface area (Å²) in [6, 6.07) is 5.55. The predicted octanol–water partition coefficient (Wildman–Crippen LogP) is 1.33. The number of nitrogens with zero attached hydrogens (tertiary/aromatic N) is 1. The average molecular weight is 199 g/mol. The van der Waals surface area contributed by atoms with Crippen molar-refractivity contribution in [1.29, 1.82) is 0 Å². The zero-order valence-corrected chi connectivity index (χ0v) is 8.08. The number of amides is 1. The Morgan fingerprint density at radius 3 is 3.00 bits per heavy atom. The lowest BCUT2D eigenvalue weighted by molar-refractivity contribution is -0.120. The molecule has 70 valence electrons. The van der Waals surface area contributed by atoms with Crippen LogP contribution in [0, 0.1) is 0 Å². The van der Waals surface area contributed by atoms with Gasteiger partial charge in [0.1, 0.15) is 5.38 Å². The number of hydrogen-bond acceptors (Lipinski definition) is 2. The summed E-state index contributed by atoms with van der Waals surface area (Å²) >= 11 is 5.56. The SMILES string of the molecule is CC(Cl)C(=O)NCc1ccccn1. The number of alkyl halides is 1. The average Bonchev–Trinajstić information content (AvgIpc) is 2.15. The van der Waals surface area contributed by atoms with Gasteiger partial charge in [0.25, 0.3) is 0 Å². The maximum Gasteiger partial charge on any atom is 0.238 e. The van der Waals surface area contributed by atoms with Crippen molar-refractivity contribution in [3.05, 3.63) is 30.1 Å². The molecule has 1 amide bonds. The summed E-state index contributed by atoms with van der Waals surface area (Å²) in [4.78, 5) is 15.1. The number of halogens is 1. The number of aromatic nitrogens is 1. The molecule has 0 bridgehead atoms. The summed E-state index contributed by atoms with van der Waals surface area (Å²) in [5.74, 6) is -0.174. The third kappa shape index (κ3) is 3.42. The van der Waals surface area contributed by atoms with Gasteiger partial charge in [-0.25, -0.2) is 0 Å². The standard InChI is InChI=1S/C9H11ClN2O/c1-7(10)9(13)12-6-8-4-2-3-5-11-8/h2-5,7H,6H2,1H3,(H,12,13). The molecule has 1 atom stereocenters. The second-order valence-electron chi connectivity index (χ2n) is 2.65. The van der Waals surface area contributed by atoms with Gasteiger partial charge in [-0.15, -0.1) is 11.6 Å². The summed E-state index contributed by atoms with van der Waals surface area (Å²) in [5.41, 5.74) is 0.827. The van der Waals surface area contributed by atoms with Crippen molar-refractivity contribution in [2.24, 2.45) is 0 Å². The first kappa shape index (κ1) is 9.99. The van der Waals surface area contributed by atoms with Crippen molar-refractivity contribution in [3.8, 4) is 0 Å². The summed E-state index contributed by atoms with van der Waals surface area (Å²) in [5, 5.41) is 2.17. The molecule has 1 aromatic rings. The number of pyridine rings is 1. The third-order valence-electron chi connectivity index (χ3n) is 1.53. The second kappa shape index (κ2) is 4.82. The van der Waals surface area contributed by atoms with Crippen LogP contribution in [-0.4, -0.2) is 16.3 Å². The van der Waals surface area contributed by atoms with Gasteiger partial charge in [-0.2, -0.15) is 0 Å². The second-order valence-corrected chi connectivity index (χ2v) is 3.31. The Balaban J connectivity index is 2.40. The Bertz CT molecular complexity index is 274. The van der Waals surface area contributed by atoms with Crippen LogP contribution in [0.1, 0.15) is 12.6 Å². The Morgan fingerprint density at radius 2 is 2.46 bits per heavy atom. The molecule has 0 aromatic carbocycles. The van der Waals surface area contributed by atoms with Crippen molar-refractivity contribution in [3.63, 3.8) is 0 Å². The quantitative estimate of drug-likeness (QED) is 0.745. The van der Waals surface area contributed by atoms with Gasteiger partial charge in [0.2, 0.25) is 5.91 Å². The molecule has 0 radical (unpaired) electrons. The van der Waals surface area contributed by atoms with Gasteiger partial charge >= 0.3 is 0 Å². The van der Waals surface area contributed by atoms with Gasteiger partial charge in [-0.3, -0.25) is 9.78 Å². The first-order chi connectivity index (χ1) is 6.20.